The second-order valence-electron chi connectivity index (χ2n) is 7.97. The Morgan fingerprint density at radius 3 is 2.42 bits per heavy atom. The van der Waals surface area contributed by atoms with Crippen LogP contribution in [-0.4, -0.2) is 43.9 Å². The third kappa shape index (κ3) is 7.06. The summed E-state index contributed by atoms with van der Waals surface area (Å²) in [6.45, 7) is 6.63. The first kappa shape index (κ1) is 24.8. The number of amides is 1. The van der Waals surface area contributed by atoms with Crippen molar-refractivity contribution in [3.63, 3.8) is 0 Å². The number of carbonyl (C=O) groups excluding carboxylic acids is 1. The highest BCUT2D eigenvalue weighted by molar-refractivity contribution is 7.80. The zero-order chi connectivity index (χ0) is 24.0. The van der Waals surface area contributed by atoms with Crippen LogP contribution in [0, 0.1) is 5.92 Å². The summed E-state index contributed by atoms with van der Waals surface area (Å²) < 4.78 is 50.7. The van der Waals surface area contributed by atoms with Crippen molar-refractivity contribution in [2.75, 3.05) is 43.1 Å². The minimum atomic E-state index is -4.51. The molecule has 0 unspecified atom stereocenters. The Hall–Kier alpha value is -2.85. The molecular formula is C23H26F3N3O3S. The van der Waals surface area contributed by atoms with Gasteiger partial charge in [0.05, 0.1) is 36.8 Å². The monoisotopic (exact) mass is 481 g/mol. The molecular weight excluding hydrogens is 455 g/mol. The van der Waals surface area contributed by atoms with Crippen molar-refractivity contribution in [1.29, 1.82) is 0 Å². The number of anilines is 2. The predicted molar refractivity (Wildman–Crippen MR) is 125 cm³/mol. The molecule has 6 nitrogen and oxygen atoms in total. The van der Waals surface area contributed by atoms with E-state index in [0.29, 0.717) is 55.8 Å². The zero-order valence-electron chi connectivity index (χ0n) is 18.4. The number of morpholine rings is 1. The first-order valence-corrected chi connectivity index (χ1v) is 10.9. The van der Waals surface area contributed by atoms with Crippen molar-refractivity contribution in [3.05, 3.63) is 53.6 Å². The summed E-state index contributed by atoms with van der Waals surface area (Å²) in [4.78, 5) is 14.5. The molecule has 1 fully saturated rings. The number of carbonyl (C=O) groups is 1. The Morgan fingerprint density at radius 1 is 1.15 bits per heavy atom. The van der Waals surface area contributed by atoms with Crippen LogP contribution in [0.2, 0.25) is 0 Å². The van der Waals surface area contributed by atoms with Crippen LogP contribution in [0.3, 0.4) is 0 Å². The number of alkyl halides is 3. The molecule has 0 radical (unpaired) electrons. The van der Waals surface area contributed by atoms with Crippen LogP contribution in [0.5, 0.6) is 5.75 Å². The molecule has 1 heterocycles. The van der Waals surface area contributed by atoms with Gasteiger partial charge in [-0.25, -0.2) is 0 Å². The maximum absolute atomic E-state index is 13.3. The lowest BCUT2D eigenvalue weighted by molar-refractivity contribution is -0.137. The van der Waals surface area contributed by atoms with Crippen LogP contribution in [0.1, 0.15) is 29.8 Å². The van der Waals surface area contributed by atoms with Crippen molar-refractivity contribution in [1.82, 2.24) is 5.32 Å². The Balaban J connectivity index is 1.71. The average Bonchev–Trinajstić information content (AvgIpc) is 2.78. The number of hydrogen-bond donors (Lipinski definition) is 2. The molecule has 2 aromatic carbocycles. The summed E-state index contributed by atoms with van der Waals surface area (Å²) in [6.07, 6.45) is -4.51. The van der Waals surface area contributed by atoms with E-state index in [1.807, 2.05) is 18.7 Å². The quantitative estimate of drug-likeness (QED) is 0.583. The molecule has 2 N–H and O–H groups in total. The van der Waals surface area contributed by atoms with Gasteiger partial charge >= 0.3 is 6.18 Å². The highest BCUT2D eigenvalue weighted by atomic mass is 32.1. The fourth-order valence-electron chi connectivity index (χ4n) is 3.19. The van der Waals surface area contributed by atoms with E-state index in [-0.39, 0.29) is 10.8 Å². The lowest BCUT2D eigenvalue weighted by Crippen LogP contribution is -2.38. The number of hydrogen-bond acceptors (Lipinski definition) is 5. The van der Waals surface area contributed by atoms with E-state index in [9.17, 15) is 18.0 Å². The van der Waals surface area contributed by atoms with Gasteiger partial charge in [-0.2, -0.15) is 13.2 Å². The molecule has 2 aromatic rings. The van der Waals surface area contributed by atoms with Gasteiger partial charge in [0.25, 0.3) is 5.91 Å². The van der Waals surface area contributed by atoms with Gasteiger partial charge in [0.15, 0.2) is 5.11 Å². The molecule has 0 aromatic heterocycles. The lowest BCUT2D eigenvalue weighted by Gasteiger charge is -2.31. The van der Waals surface area contributed by atoms with Crippen molar-refractivity contribution in [2.24, 2.45) is 5.92 Å². The molecule has 1 amide bonds. The van der Waals surface area contributed by atoms with Gasteiger partial charge < -0.3 is 19.7 Å². The maximum Gasteiger partial charge on any atom is 0.416 e. The van der Waals surface area contributed by atoms with Crippen LogP contribution in [0.25, 0.3) is 0 Å². The van der Waals surface area contributed by atoms with Gasteiger partial charge in [-0.3, -0.25) is 10.1 Å². The molecule has 0 atom stereocenters. The van der Waals surface area contributed by atoms with Crippen LogP contribution in [0.15, 0.2) is 42.5 Å². The minimum absolute atomic E-state index is 0.103. The second-order valence-corrected chi connectivity index (χ2v) is 8.37. The normalized spacial score (nSPS) is 14.2. The number of nitrogens with zero attached hydrogens (tertiary/aromatic N) is 1. The summed E-state index contributed by atoms with van der Waals surface area (Å²) in [7, 11) is 0. The van der Waals surface area contributed by atoms with E-state index in [2.05, 4.69) is 10.6 Å². The smallest absolute Gasteiger partial charge is 0.416 e. The fraction of sp³-hybridized carbons (Fsp3) is 0.391. The van der Waals surface area contributed by atoms with Crippen LogP contribution >= 0.6 is 12.2 Å². The van der Waals surface area contributed by atoms with Gasteiger partial charge in [-0.1, -0.05) is 13.8 Å². The Labute approximate surface area is 196 Å². The third-order valence-corrected chi connectivity index (χ3v) is 5.05. The van der Waals surface area contributed by atoms with Crippen molar-refractivity contribution < 1.29 is 27.4 Å². The summed E-state index contributed by atoms with van der Waals surface area (Å²) in [5.41, 5.74) is 0.241. The van der Waals surface area contributed by atoms with Crippen molar-refractivity contribution in [3.8, 4) is 5.75 Å². The summed E-state index contributed by atoms with van der Waals surface area (Å²) >= 11 is 5.21. The molecule has 1 saturated heterocycles. The van der Waals surface area contributed by atoms with Gasteiger partial charge in [-0.05, 0) is 60.6 Å². The van der Waals surface area contributed by atoms with Crippen LogP contribution in [-0.2, 0) is 10.9 Å². The number of thiocarbonyl (C=S) groups is 1. The average molecular weight is 482 g/mol. The predicted octanol–water partition coefficient (Wildman–Crippen LogP) is 4.70. The van der Waals surface area contributed by atoms with Crippen LogP contribution in [0.4, 0.5) is 24.5 Å². The molecule has 178 valence electrons. The van der Waals surface area contributed by atoms with Gasteiger partial charge in [0.1, 0.15) is 5.75 Å². The van der Waals surface area contributed by atoms with Crippen molar-refractivity contribution >= 4 is 34.6 Å². The molecule has 1 aliphatic rings. The van der Waals surface area contributed by atoms with Gasteiger partial charge in [-0.15, -0.1) is 0 Å². The number of ether oxygens (including phenoxy) is 2. The number of nitrogens with one attached hydrogen (secondary N) is 2. The summed E-state index contributed by atoms with van der Waals surface area (Å²) in [5.74, 6) is 0.525. The Morgan fingerprint density at radius 2 is 1.82 bits per heavy atom. The summed E-state index contributed by atoms with van der Waals surface area (Å²) in [6, 6.07) is 9.96. The molecule has 10 heteroatoms. The molecule has 0 spiro atoms. The van der Waals surface area contributed by atoms with E-state index in [1.54, 1.807) is 24.3 Å². The minimum Gasteiger partial charge on any atom is -0.493 e. The fourth-order valence-corrected chi connectivity index (χ4v) is 3.39. The number of halogens is 3. The highest BCUT2D eigenvalue weighted by Crippen LogP contribution is 2.35. The van der Waals surface area contributed by atoms with E-state index in [4.69, 9.17) is 21.7 Å². The van der Waals surface area contributed by atoms with E-state index < -0.39 is 17.6 Å². The van der Waals surface area contributed by atoms with Gasteiger partial charge in [0, 0.05) is 18.7 Å². The third-order valence-electron chi connectivity index (χ3n) is 4.85. The summed E-state index contributed by atoms with van der Waals surface area (Å²) in [5, 5.41) is 5.17. The topological polar surface area (TPSA) is 62.8 Å². The van der Waals surface area contributed by atoms with Gasteiger partial charge in [0.2, 0.25) is 0 Å². The lowest BCUT2D eigenvalue weighted by atomic mass is 10.1. The standard InChI is InChI=1S/C23H26F3N3O3S/c1-15(2)14-32-18-6-3-16(4-7-18)21(30)28-22(33)27-19-13-17(23(24,25)26)5-8-20(19)29-9-11-31-12-10-29/h3-8,13,15H,9-12,14H2,1-2H3,(H2,27,28,30,33). The van der Waals surface area contributed by atoms with E-state index in [1.165, 1.54) is 6.07 Å². The molecule has 33 heavy (non-hydrogen) atoms. The SMILES string of the molecule is CC(C)COc1ccc(C(=O)NC(=S)Nc2cc(C(F)(F)F)ccc2N2CCOCC2)cc1. The van der Waals surface area contributed by atoms with E-state index in [0.717, 1.165) is 12.1 Å². The first-order valence-electron chi connectivity index (χ1n) is 10.5. The maximum atomic E-state index is 13.3. The Kier molecular flexibility index (Phi) is 8.15. The highest BCUT2D eigenvalue weighted by Gasteiger charge is 2.31. The van der Waals surface area contributed by atoms with Crippen LogP contribution < -0.4 is 20.3 Å². The van der Waals surface area contributed by atoms with Crippen molar-refractivity contribution in [2.45, 2.75) is 20.0 Å². The zero-order valence-corrected chi connectivity index (χ0v) is 19.2. The second kappa shape index (κ2) is 10.8. The Bertz CT molecular complexity index is 975. The number of benzene rings is 2. The molecule has 0 saturated carbocycles. The molecule has 0 bridgehead atoms. The van der Waals surface area contributed by atoms with E-state index >= 15 is 0 Å². The largest absolute Gasteiger partial charge is 0.493 e. The molecule has 3 rings (SSSR count). The first-order chi connectivity index (χ1) is 15.6. The molecule has 1 aliphatic heterocycles. The number of rotatable bonds is 6. The molecule has 0 aliphatic carbocycles.